The Morgan fingerprint density at radius 2 is 1.73 bits per heavy atom. The summed E-state index contributed by atoms with van der Waals surface area (Å²) in [6, 6.07) is 0. The van der Waals surface area contributed by atoms with Gasteiger partial charge in [-0.05, 0) is 24.7 Å². The van der Waals surface area contributed by atoms with Gasteiger partial charge in [-0.2, -0.15) is 0 Å². The van der Waals surface area contributed by atoms with E-state index in [2.05, 4.69) is 12.2 Å². The molecule has 1 rings (SSSR count). The van der Waals surface area contributed by atoms with Crippen molar-refractivity contribution in [1.82, 2.24) is 5.32 Å². The predicted octanol–water partition coefficient (Wildman–Crippen LogP) is 2.98. The van der Waals surface area contributed by atoms with Gasteiger partial charge in [0.25, 0.3) is 0 Å². The molecule has 88 valence electrons. The highest BCUT2D eigenvalue weighted by atomic mass is 16.1. The first-order valence-corrected chi connectivity index (χ1v) is 6.41. The summed E-state index contributed by atoms with van der Waals surface area (Å²) in [6.45, 7) is 7.08. The van der Waals surface area contributed by atoms with Crippen molar-refractivity contribution < 1.29 is 4.79 Å². The minimum absolute atomic E-state index is 0.122. The third-order valence-corrected chi connectivity index (χ3v) is 3.63. The maximum atomic E-state index is 11.4. The third-order valence-electron chi connectivity index (χ3n) is 3.63. The average Bonchev–Trinajstić information content (AvgIpc) is 2.26. The lowest BCUT2D eigenvalue weighted by molar-refractivity contribution is -0.124. The number of amides is 1. The first-order chi connectivity index (χ1) is 7.13. The molecule has 0 bridgehead atoms. The molecule has 0 atom stereocenters. The molecule has 1 aliphatic rings. The summed E-state index contributed by atoms with van der Waals surface area (Å²) in [6.07, 6.45) is 6.65. The molecule has 1 saturated carbocycles. The highest BCUT2D eigenvalue weighted by molar-refractivity contribution is 5.77. The lowest BCUT2D eigenvalue weighted by Gasteiger charge is -2.28. The zero-order chi connectivity index (χ0) is 11.3. The molecule has 15 heavy (non-hydrogen) atoms. The minimum atomic E-state index is 0.122. The fraction of sp³-hybridized carbons (Fsp3) is 0.923. The van der Waals surface area contributed by atoms with Crippen LogP contribution < -0.4 is 5.32 Å². The van der Waals surface area contributed by atoms with Crippen molar-refractivity contribution in [2.45, 2.75) is 52.9 Å². The van der Waals surface area contributed by atoms with Gasteiger partial charge in [-0.1, -0.05) is 40.0 Å². The van der Waals surface area contributed by atoms with E-state index >= 15 is 0 Å². The van der Waals surface area contributed by atoms with E-state index in [-0.39, 0.29) is 11.8 Å². The monoisotopic (exact) mass is 211 g/mol. The Morgan fingerprint density at radius 3 is 2.20 bits per heavy atom. The molecule has 0 saturated heterocycles. The Bertz CT molecular complexity index is 193. The minimum Gasteiger partial charge on any atom is -0.356 e. The second-order valence-electron chi connectivity index (χ2n) is 5.19. The SMILES string of the molecule is CCC1CCC(CNC(=O)C(C)C)CC1. The van der Waals surface area contributed by atoms with Crippen molar-refractivity contribution in [2.75, 3.05) is 6.54 Å². The van der Waals surface area contributed by atoms with Crippen LogP contribution in [0, 0.1) is 17.8 Å². The highest BCUT2D eigenvalue weighted by Crippen LogP contribution is 2.30. The van der Waals surface area contributed by atoms with E-state index in [1.165, 1.54) is 32.1 Å². The molecule has 1 amide bonds. The first kappa shape index (κ1) is 12.5. The van der Waals surface area contributed by atoms with Crippen LogP contribution in [0.2, 0.25) is 0 Å². The van der Waals surface area contributed by atoms with E-state index in [1.54, 1.807) is 0 Å². The number of rotatable bonds is 4. The van der Waals surface area contributed by atoms with Crippen LogP contribution in [0.5, 0.6) is 0 Å². The Kier molecular flexibility index (Phi) is 5.13. The van der Waals surface area contributed by atoms with Crippen LogP contribution in [-0.4, -0.2) is 12.5 Å². The lowest BCUT2D eigenvalue weighted by Crippen LogP contribution is -2.33. The van der Waals surface area contributed by atoms with Crippen molar-refractivity contribution in [2.24, 2.45) is 17.8 Å². The number of carbonyl (C=O) groups is 1. The van der Waals surface area contributed by atoms with Crippen molar-refractivity contribution in [1.29, 1.82) is 0 Å². The molecule has 0 aromatic heterocycles. The summed E-state index contributed by atoms with van der Waals surface area (Å²) in [7, 11) is 0. The van der Waals surface area contributed by atoms with Crippen molar-refractivity contribution in [3.63, 3.8) is 0 Å². The van der Waals surface area contributed by atoms with E-state index < -0.39 is 0 Å². The molecular weight excluding hydrogens is 186 g/mol. The molecule has 0 radical (unpaired) electrons. The maximum Gasteiger partial charge on any atom is 0.222 e. The quantitative estimate of drug-likeness (QED) is 0.761. The molecular formula is C13H25NO. The van der Waals surface area contributed by atoms with E-state index in [4.69, 9.17) is 0 Å². The standard InChI is InChI=1S/C13H25NO/c1-4-11-5-7-12(8-6-11)9-14-13(15)10(2)3/h10-12H,4-9H2,1-3H3,(H,14,15). The number of nitrogens with one attached hydrogen (secondary N) is 1. The van der Waals surface area contributed by atoms with E-state index in [0.717, 1.165) is 18.4 Å². The van der Waals surface area contributed by atoms with Gasteiger partial charge in [-0.15, -0.1) is 0 Å². The molecule has 1 N–H and O–H groups in total. The van der Waals surface area contributed by atoms with Crippen LogP contribution in [0.25, 0.3) is 0 Å². The van der Waals surface area contributed by atoms with Gasteiger partial charge in [0.2, 0.25) is 5.91 Å². The molecule has 0 spiro atoms. The van der Waals surface area contributed by atoms with Crippen LogP contribution in [0.1, 0.15) is 52.9 Å². The molecule has 0 aromatic rings. The van der Waals surface area contributed by atoms with Gasteiger partial charge < -0.3 is 5.32 Å². The number of hydrogen-bond acceptors (Lipinski definition) is 1. The molecule has 0 heterocycles. The highest BCUT2D eigenvalue weighted by Gasteiger charge is 2.20. The predicted molar refractivity (Wildman–Crippen MR) is 63.6 cm³/mol. The van der Waals surface area contributed by atoms with Crippen LogP contribution in [-0.2, 0) is 4.79 Å². The topological polar surface area (TPSA) is 29.1 Å². The van der Waals surface area contributed by atoms with Crippen LogP contribution in [0.3, 0.4) is 0 Å². The maximum absolute atomic E-state index is 11.4. The van der Waals surface area contributed by atoms with Gasteiger partial charge in [0.15, 0.2) is 0 Å². The normalized spacial score (nSPS) is 26.7. The number of hydrogen-bond donors (Lipinski definition) is 1. The Morgan fingerprint density at radius 1 is 1.20 bits per heavy atom. The van der Waals surface area contributed by atoms with Crippen molar-refractivity contribution in [3.8, 4) is 0 Å². The van der Waals surface area contributed by atoms with Gasteiger partial charge >= 0.3 is 0 Å². The van der Waals surface area contributed by atoms with Gasteiger partial charge in [-0.25, -0.2) is 0 Å². The number of carbonyl (C=O) groups excluding carboxylic acids is 1. The molecule has 0 aromatic carbocycles. The summed E-state index contributed by atoms with van der Waals surface area (Å²) in [4.78, 5) is 11.4. The van der Waals surface area contributed by atoms with E-state index in [9.17, 15) is 4.79 Å². The smallest absolute Gasteiger partial charge is 0.222 e. The lowest BCUT2D eigenvalue weighted by atomic mass is 9.81. The van der Waals surface area contributed by atoms with Crippen LogP contribution in [0.4, 0.5) is 0 Å². The van der Waals surface area contributed by atoms with Gasteiger partial charge in [0, 0.05) is 12.5 Å². The summed E-state index contributed by atoms with van der Waals surface area (Å²) in [5.74, 6) is 2.00. The second-order valence-corrected chi connectivity index (χ2v) is 5.19. The first-order valence-electron chi connectivity index (χ1n) is 6.41. The molecule has 0 unspecified atom stereocenters. The Hall–Kier alpha value is -0.530. The molecule has 2 heteroatoms. The van der Waals surface area contributed by atoms with Gasteiger partial charge in [-0.3, -0.25) is 4.79 Å². The van der Waals surface area contributed by atoms with E-state index in [0.29, 0.717) is 0 Å². The van der Waals surface area contributed by atoms with Crippen molar-refractivity contribution in [3.05, 3.63) is 0 Å². The summed E-state index contributed by atoms with van der Waals surface area (Å²) < 4.78 is 0. The molecule has 0 aliphatic heterocycles. The van der Waals surface area contributed by atoms with Crippen LogP contribution in [0.15, 0.2) is 0 Å². The second kappa shape index (κ2) is 6.14. The van der Waals surface area contributed by atoms with Crippen molar-refractivity contribution >= 4 is 5.91 Å². The van der Waals surface area contributed by atoms with Crippen LogP contribution >= 0.6 is 0 Å². The zero-order valence-corrected chi connectivity index (χ0v) is 10.4. The average molecular weight is 211 g/mol. The molecule has 1 fully saturated rings. The molecule has 1 aliphatic carbocycles. The van der Waals surface area contributed by atoms with Gasteiger partial charge in [0.05, 0.1) is 0 Å². The largest absolute Gasteiger partial charge is 0.356 e. The van der Waals surface area contributed by atoms with E-state index in [1.807, 2.05) is 13.8 Å². The zero-order valence-electron chi connectivity index (χ0n) is 10.4. The summed E-state index contributed by atoms with van der Waals surface area (Å²) in [5, 5.41) is 3.05. The fourth-order valence-corrected chi connectivity index (χ4v) is 2.29. The summed E-state index contributed by atoms with van der Waals surface area (Å²) >= 11 is 0. The Balaban J connectivity index is 2.16. The Labute approximate surface area is 93.8 Å². The molecule has 2 nitrogen and oxygen atoms in total. The van der Waals surface area contributed by atoms with Gasteiger partial charge in [0.1, 0.15) is 0 Å². The fourth-order valence-electron chi connectivity index (χ4n) is 2.29. The summed E-state index contributed by atoms with van der Waals surface area (Å²) in [5.41, 5.74) is 0. The third kappa shape index (κ3) is 4.23.